The number of benzene rings is 2. The fourth-order valence-electron chi connectivity index (χ4n) is 3.90. The molecule has 0 radical (unpaired) electrons. The molecule has 1 aliphatic rings. The average molecular weight is 513 g/mol. The number of likely N-dealkylation sites (N-methyl/N-ethyl adjacent to an activating group) is 1. The monoisotopic (exact) mass is 512 g/mol. The van der Waals surface area contributed by atoms with Gasteiger partial charge in [-0.2, -0.15) is 0 Å². The SMILES string of the molecule is CC(C)[C@H]1NC(=O)C[C@@H](C(=O)NCCc2ccc(F)cc2)NC(=O)c2ccccc2OCCN(C)C1=O. The molecule has 9 nitrogen and oxygen atoms in total. The van der Waals surface area contributed by atoms with E-state index >= 15 is 0 Å². The largest absolute Gasteiger partial charge is 0.491 e. The van der Waals surface area contributed by atoms with Crippen LogP contribution in [-0.4, -0.2) is 67.4 Å². The maximum Gasteiger partial charge on any atom is 0.255 e. The first-order chi connectivity index (χ1) is 17.7. The fourth-order valence-corrected chi connectivity index (χ4v) is 3.90. The van der Waals surface area contributed by atoms with Crippen LogP contribution < -0.4 is 20.7 Å². The van der Waals surface area contributed by atoms with Crippen LogP contribution in [0.25, 0.3) is 0 Å². The summed E-state index contributed by atoms with van der Waals surface area (Å²) in [7, 11) is 1.62. The molecule has 0 bridgehead atoms. The molecular formula is C27H33FN4O5. The number of nitrogens with one attached hydrogen (secondary N) is 3. The summed E-state index contributed by atoms with van der Waals surface area (Å²) in [5.74, 6) is -2.19. The van der Waals surface area contributed by atoms with Gasteiger partial charge in [0.15, 0.2) is 0 Å². The third-order valence-electron chi connectivity index (χ3n) is 6.08. The minimum atomic E-state index is -1.20. The van der Waals surface area contributed by atoms with Crippen molar-refractivity contribution in [2.24, 2.45) is 5.92 Å². The summed E-state index contributed by atoms with van der Waals surface area (Å²) in [6.45, 7) is 4.24. The summed E-state index contributed by atoms with van der Waals surface area (Å²) in [5.41, 5.74) is 1.03. The first kappa shape index (κ1) is 27.6. The zero-order valence-corrected chi connectivity index (χ0v) is 21.3. The molecule has 1 aliphatic heterocycles. The summed E-state index contributed by atoms with van der Waals surface area (Å²) in [6, 6.07) is 10.5. The molecule has 198 valence electrons. The highest BCUT2D eigenvalue weighted by atomic mass is 19.1. The lowest BCUT2D eigenvalue weighted by molar-refractivity contribution is -0.137. The van der Waals surface area contributed by atoms with Gasteiger partial charge in [0, 0.05) is 13.6 Å². The number of ether oxygens (including phenoxy) is 1. The molecule has 0 saturated carbocycles. The van der Waals surface area contributed by atoms with E-state index in [0.29, 0.717) is 12.2 Å². The molecule has 3 rings (SSSR count). The number of amides is 4. The summed E-state index contributed by atoms with van der Waals surface area (Å²) in [5, 5.41) is 8.09. The lowest BCUT2D eigenvalue weighted by Crippen LogP contribution is -2.54. The van der Waals surface area contributed by atoms with E-state index in [1.165, 1.54) is 17.0 Å². The highest BCUT2D eigenvalue weighted by molar-refractivity contribution is 6.01. The maximum atomic E-state index is 13.1. The normalized spacial score (nSPS) is 19.3. The van der Waals surface area contributed by atoms with Gasteiger partial charge in [-0.3, -0.25) is 19.2 Å². The summed E-state index contributed by atoms with van der Waals surface area (Å²) >= 11 is 0. The number of fused-ring (bicyclic) bond motifs is 1. The molecule has 2 aromatic rings. The molecule has 0 saturated heterocycles. The minimum Gasteiger partial charge on any atom is -0.491 e. The highest BCUT2D eigenvalue weighted by Crippen LogP contribution is 2.19. The van der Waals surface area contributed by atoms with Gasteiger partial charge in [-0.15, -0.1) is 0 Å². The van der Waals surface area contributed by atoms with Gasteiger partial charge in [0.25, 0.3) is 5.91 Å². The Kier molecular flexibility index (Phi) is 9.59. The Morgan fingerprint density at radius 3 is 2.51 bits per heavy atom. The van der Waals surface area contributed by atoms with Gasteiger partial charge in [-0.1, -0.05) is 38.1 Å². The molecule has 2 aromatic carbocycles. The molecule has 2 atom stereocenters. The third-order valence-corrected chi connectivity index (χ3v) is 6.08. The Bertz CT molecular complexity index is 1120. The van der Waals surface area contributed by atoms with Crippen LogP contribution >= 0.6 is 0 Å². The van der Waals surface area contributed by atoms with Crippen molar-refractivity contribution < 1.29 is 28.3 Å². The summed E-state index contributed by atoms with van der Waals surface area (Å²) in [6.07, 6.45) is 0.0726. The van der Waals surface area contributed by atoms with Crippen LogP contribution in [0.5, 0.6) is 5.75 Å². The highest BCUT2D eigenvalue weighted by Gasteiger charge is 2.31. The van der Waals surface area contributed by atoms with Crippen LogP contribution in [-0.2, 0) is 20.8 Å². The number of carbonyl (C=O) groups excluding carboxylic acids is 4. The van der Waals surface area contributed by atoms with Crippen LogP contribution in [0.2, 0.25) is 0 Å². The van der Waals surface area contributed by atoms with Crippen molar-refractivity contribution in [3.05, 3.63) is 65.5 Å². The van der Waals surface area contributed by atoms with Gasteiger partial charge in [0.2, 0.25) is 17.7 Å². The molecule has 3 N–H and O–H groups in total. The predicted octanol–water partition coefficient (Wildman–Crippen LogP) is 1.66. The van der Waals surface area contributed by atoms with Crippen molar-refractivity contribution in [2.75, 3.05) is 26.7 Å². The Labute approximate surface area is 215 Å². The van der Waals surface area contributed by atoms with Crippen molar-refractivity contribution in [2.45, 2.75) is 38.8 Å². The maximum absolute atomic E-state index is 13.1. The van der Waals surface area contributed by atoms with Crippen LogP contribution in [0.1, 0.15) is 36.2 Å². The Balaban J connectivity index is 1.81. The van der Waals surface area contributed by atoms with E-state index in [-0.39, 0.29) is 49.3 Å². The second-order valence-corrected chi connectivity index (χ2v) is 9.29. The Hall–Kier alpha value is -3.95. The number of carbonyl (C=O) groups is 4. The topological polar surface area (TPSA) is 117 Å². The molecule has 0 aliphatic carbocycles. The zero-order chi connectivity index (χ0) is 26.9. The van der Waals surface area contributed by atoms with Gasteiger partial charge < -0.3 is 25.6 Å². The van der Waals surface area contributed by atoms with Crippen molar-refractivity contribution >= 4 is 23.6 Å². The number of halogens is 1. The van der Waals surface area contributed by atoms with Gasteiger partial charge in [0.05, 0.1) is 18.5 Å². The van der Waals surface area contributed by atoms with Gasteiger partial charge in [-0.25, -0.2) is 4.39 Å². The molecule has 0 spiro atoms. The van der Waals surface area contributed by atoms with Crippen LogP contribution in [0.4, 0.5) is 4.39 Å². The average Bonchev–Trinajstić information content (AvgIpc) is 2.87. The zero-order valence-electron chi connectivity index (χ0n) is 21.3. The Morgan fingerprint density at radius 2 is 1.81 bits per heavy atom. The van der Waals surface area contributed by atoms with Gasteiger partial charge >= 0.3 is 0 Å². The third kappa shape index (κ3) is 7.77. The lowest BCUT2D eigenvalue weighted by Gasteiger charge is -2.28. The second-order valence-electron chi connectivity index (χ2n) is 9.29. The van der Waals surface area contributed by atoms with Crippen molar-refractivity contribution in [3.8, 4) is 5.75 Å². The van der Waals surface area contributed by atoms with E-state index in [1.807, 2.05) is 13.8 Å². The van der Waals surface area contributed by atoms with E-state index in [1.54, 1.807) is 43.4 Å². The second kappa shape index (κ2) is 12.8. The molecule has 4 amide bonds. The molecule has 37 heavy (non-hydrogen) atoms. The molecule has 0 unspecified atom stereocenters. The fraction of sp³-hybridized carbons (Fsp3) is 0.407. The quantitative estimate of drug-likeness (QED) is 0.564. The minimum absolute atomic E-state index is 0.137. The standard InChI is InChI=1S/C27H33FN4O5/c1-17(2)24-27(36)32(3)14-15-37-22-7-5-4-6-20(22)25(34)30-21(16-23(33)31-24)26(35)29-13-12-18-8-10-19(28)11-9-18/h4-11,17,21,24H,12-16H2,1-3H3,(H,29,35)(H,30,34)(H,31,33)/t21-,24+/m0/s1. The van der Waals surface area contributed by atoms with Crippen LogP contribution in [0.3, 0.4) is 0 Å². The summed E-state index contributed by atoms with van der Waals surface area (Å²) < 4.78 is 18.9. The van der Waals surface area contributed by atoms with Gasteiger partial charge in [0.1, 0.15) is 30.3 Å². The van der Waals surface area contributed by atoms with E-state index < -0.39 is 29.8 Å². The van der Waals surface area contributed by atoms with E-state index in [9.17, 15) is 23.6 Å². The number of hydrogen-bond acceptors (Lipinski definition) is 5. The molecular weight excluding hydrogens is 479 g/mol. The van der Waals surface area contributed by atoms with E-state index in [0.717, 1.165) is 5.56 Å². The molecule has 0 fully saturated rings. The number of rotatable bonds is 5. The lowest BCUT2D eigenvalue weighted by atomic mass is 10.0. The smallest absolute Gasteiger partial charge is 0.255 e. The molecule has 1 heterocycles. The number of hydrogen-bond donors (Lipinski definition) is 3. The predicted molar refractivity (Wildman–Crippen MR) is 135 cm³/mol. The van der Waals surface area contributed by atoms with Crippen LogP contribution in [0.15, 0.2) is 48.5 Å². The van der Waals surface area contributed by atoms with Crippen molar-refractivity contribution in [1.29, 1.82) is 0 Å². The number of nitrogens with zero attached hydrogens (tertiary/aromatic N) is 1. The first-order valence-electron chi connectivity index (χ1n) is 12.2. The van der Waals surface area contributed by atoms with Crippen LogP contribution in [0, 0.1) is 11.7 Å². The molecule has 0 aromatic heterocycles. The molecule has 10 heteroatoms. The van der Waals surface area contributed by atoms with Crippen molar-refractivity contribution in [3.63, 3.8) is 0 Å². The summed E-state index contributed by atoms with van der Waals surface area (Å²) in [4.78, 5) is 53.6. The first-order valence-corrected chi connectivity index (χ1v) is 12.2. The van der Waals surface area contributed by atoms with E-state index in [4.69, 9.17) is 4.74 Å². The Morgan fingerprint density at radius 1 is 1.11 bits per heavy atom. The van der Waals surface area contributed by atoms with Gasteiger partial charge in [-0.05, 0) is 42.2 Å². The van der Waals surface area contributed by atoms with E-state index in [2.05, 4.69) is 16.0 Å². The number of para-hydroxylation sites is 1. The van der Waals surface area contributed by atoms with Crippen molar-refractivity contribution in [1.82, 2.24) is 20.9 Å².